The Balaban J connectivity index is 1.79. The number of pyridine rings is 1. The van der Waals surface area contributed by atoms with E-state index >= 15 is 0 Å². The Labute approximate surface area is 182 Å². The number of benzene rings is 2. The zero-order valence-electron chi connectivity index (χ0n) is 16.8. The number of carbonyl (C=O) groups is 1. The number of nitrogens with one attached hydrogen (secondary N) is 1. The third-order valence-corrected chi connectivity index (χ3v) is 4.87. The molecular weight excluding hydrogens is 450 g/mol. The van der Waals surface area contributed by atoms with Crippen molar-refractivity contribution in [2.24, 2.45) is 0 Å². The van der Waals surface area contributed by atoms with E-state index in [-0.39, 0.29) is 28.8 Å². The van der Waals surface area contributed by atoms with Crippen LogP contribution in [0, 0.1) is 6.92 Å². The highest BCUT2D eigenvalue weighted by atomic mass is 19.4. The minimum absolute atomic E-state index is 0.0395. The number of furan rings is 1. The van der Waals surface area contributed by atoms with E-state index in [1.165, 1.54) is 25.3 Å². The van der Waals surface area contributed by atoms with E-state index in [0.717, 1.165) is 0 Å². The Hall–Kier alpha value is -3.82. The number of aryl methyl sites for hydroxylation is 1. The third kappa shape index (κ3) is 4.55. The lowest BCUT2D eigenvalue weighted by atomic mass is 10.00. The molecule has 10 heteroatoms. The lowest BCUT2D eigenvalue weighted by molar-refractivity contribution is -0.143. The van der Waals surface area contributed by atoms with Crippen molar-refractivity contribution in [1.29, 1.82) is 0 Å². The molecule has 33 heavy (non-hydrogen) atoms. The minimum Gasteiger partial charge on any atom is -0.445 e. The summed E-state index contributed by atoms with van der Waals surface area (Å²) < 4.78 is 85.0. The summed E-state index contributed by atoms with van der Waals surface area (Å²) in [5.74, 6) is -0.746. The van der Waals surface area contributed by atoms with Crippen LogP contribution >= 0.6 is 0 Å². The van der Waals surface area contributed by atoms with Gasteiger partial charge in [0.1, 0.15) is 5.76 Å². The van der Waals surface area contributed by atoms with Gasteiger partial charge in [-0.1, -0.05) is 18.2 Å². The maximum atomic E-state index is 13.3. The van der Waals surface area contributed by atoms with Crippen LogP contribution in [-0.2, 0) is 12.4 Å². The number of para-hydroxylation sites is 1. The van der Waals surface area contributed by atoms with Gasteiger partial charge in [0.05, 0.1) is 22.2 Å². The number of fused-ring (bicyclic) bond motifs is 1. The fourth-order valence-electron chi connectivity index (χ4n) is 3.40. The molecule has 0 saturated heterocycles. The topological polar surface area (TPSA) is 55.1 Å². The van der Waals surface area contributed by atoms with Gasteiger partial charge >= 0.3 is 12.4 Å². The number of hydrogen-bond acceptors (Lipinski definition) is 3. The van der Waals surface area contributed by atoms with E-state index < -0.39 is 35.0 Å². The molecule has 0 fully saturated rings. The number of amides is 1. The maximum absolute atomic E-state index is 13.3. The first-order chi connectivity index (χ1) is 15.4. The first-order valence-corrected chi connectivity index (χ1v) is 9.49. The zero-order chi connectivity index (χ0) is 24.0. The summed E-state index contributed by atoms with van der Waals surface area (Å²) in [6.45, 7) is 1.46. The molecule has 0 aliphatic heterocycles. The third-order valence-electron chi connectivity index (χ3n) is 4.87. The van der Waals surface area contributed by atoms with Crippen LogP contribution in [0.3, 0.4) is 0 Å². The van der Waals surface area contributed by atoms with Gasteiger partial charge in [-0.2, -0.15) is 26.3 Å². The lowest BCUT2D eigenvalue weighted by Crippen LogP contribution is -2.13. The minimum atomic E-state index is -5.01. The number of halogens is 6. The predicted octanol–water partition coefficient (Wildman–Crippen LogP) is 7.09. The van der Waals surface area contributed by atoms with E-state index in [4.69, 9.17) is 4.42 Å². The molecule has 0 bridgehead atoms. The molecule has 2 aromatic heterocycles. The second-order valence-corrected chi connectivity index (χ2v) is 7.22. The molecule has 0 radical (unpaired) electrons. The van der Waals surface area contributed by atoms with Crippen LogP contribution in [0.4, 0.5) is 32.2 Å². The Bertz CT molecular complexity index is 1320. The van der Waals surface area contributed by atoms with Crippen molar-refractivity contribution >= 4 is 22.7 Å². The normalized spacial score (nSPS) is 12.2. The average molecular weight is 464 g/mol. The van der Waals surface area contributed by atoms with Gasteiger partial charge in [-0.3, -0.25) is 15.1 Å². The van der Waals surface area contributed by atoms with Gasteiger partial charge < -0.3 is 4.42 Å². The van der Waals surface area contributed by atoms with Crippen LogP contribution in [0.5, 0.6) is 0 Å². The van der Waals surface area contributed by atoms with Gasteiger partial charge in [0.2, 0.25) is 5.88 Å². The first-order valence-electron chi connectivity index (χ1n) is 9.49. The van der Waals surface area contributed by atoms with Gasteiger partial charge in [-0.05, 0) is 48.9 Å². The number of carbonyl (C=O) groups excluding carboxylic acids is 1. The Morgan fingerprint density at radius 3 is 2.18 bits per heavy atom. The summed E-state index contributed by atoms with van der Waals surface area (Å²) in [5.41, 5.74) is -2.71. The first kappa shape index (κ1) is 22.4. The van der Waals surface area contributed by atoms with E-state index in [9.17, 15) is 31.1 Å². The molecule has 0 aliphatic carbocycles. The Morgan fingerprint density at radius 2 is 1.55 bits per heavy atom. The monoisotopic (exact) mass is 464 g/mol. The number of nitrogens with zero attached hydrogens (tertiary/aromatic N) is 1. The summed E-state index contributed by atoms with van der Waals surface area (Å²) in [5, 5.41) is 2.97. The van der Waals surface area contributed by atoms with E-state index in [1.807, 2.05) is 0 Å². The molecule has 1 amide bonds. The van der Waals surface area contributed by atoms with E-state index in [2.05, 4.69) is 10.3 Å². The maximum Gasteiger partial charge on any atom is 0.416 e. The molecule has 0 saturated carbocycles. The largest absolute Gasteiger partial charge is 0.445 e. The van der Waals surface area contributed by atoms with Crippen LogP contribution in [0.25, 0.3) is 22.0 Å². The number of aromatic nitrogens is 1. The molecular formula is C23H14F6N2O2. The number of rotatable bonds is 3. The summed E-state index contributed by atoms with van der Waals surface area (Å²) >= 11 is 0. The molecule has 1 N–H and O–H groups in total. The highest BCUT2D eigenvalue weighted by molar-refractivity contribution is 6.12. The summed E-state index contributed by atoms with van der Waals surface area (Å²) in [7, 11) is 0. The Kier molecular flexibility index (Phi) is 5.39. The van der Waals surface area contributed by atoms with Gasteiger partial charge in [0.25, 0.3) is 5.91 Å². The molecule has 170 valence electrons. The molecule has 2 aromatic carbocycles. The zero-order valence-corrected chi connectivity index (χ0v) is 16.8. The van der Waals surface area contributed by atoms with Gasteiger partial charge in [0, 0.05) is 17.1 Å². The molecule has 4 nitrogen and oxygen atoms in total. The molecule has 4 aromatic rings. The predicted molar refractivity (Wildman–Crippen MR) is 109 cm³/mol. The van der Waals surface area contributed by atoms with Gasteiger partial charge in [-0.25, -0.2) is 0 Å². The smallest absolute Gasteiger partial charge is 0.416 e. The van der Waals surface area contributed by atoms with Crippen molar-refractivity contribution in [2.45, 2.75) is 19.3 Å². The molecule has 4 rings (SSSR count). The average Bonchev–Trinajstić information content (AvgIpc) is 3.11. The van der Waals surface area contributed by atoms with Crippen LogP contribution in [0.1, 0.15) is 27.2 Å². The molecule has 0 aliphatic rings. The van der Waals surface area contributed by atoms with Crippen LogP contribution < -0.4 is 5.32 Å². The molecule has 0 unspecified atom stereocenters. The number of anilines is 1. The van der Waals surface area contributed by atoms with Gasteiger partial charge in [0.15, 0.2) is 0 Å². The van der Waals surface area contributed by atoms with Crippen LogP contribution in [0.15, 0.2) is 65.2 Å². The van der Waals surface area contributed by atoms with Crippen molar-refractivity contribution in [2.75, 3.05) is 5.32 Å². The summed E-state index contributed by atoms with van der Waals surface area (Å²) in [6, 6.07) is 10.7. The number of hydrogen-bond donors (Lipinski definition) is 1. The summed E-state index contributed by atoms with van der Waals surface area (Å²) in [4.78, 5) is 17.1. The fraction of sp³-hybridized carbons (Fsp3) is 0.130. The van der Waals surface area contributed by atoms with Crippen molar-refractivity contribution in [3.05, 3.63) is 83.2 Å². The van der Waals surface area contributed by atoms with Crippen molar-refractivity contribution < 1.29 is 35.6 Å². The Morgan fingerprint density at radius 1 is 0.909 bits per heavy atom. The quantitative estimate of drug-likeness (QED) is 0.329. The van der Waals surface area contributed by atoms with E-state index in [0.29, 0.717) is 23.0 Å². The SMILES string of the molecule is Cc1cc(-c2cc(C(F)(F)F)cc(C(F)(F)F)c2)c(NC(=O)c2ccnc3ccccc23)o1. The van der Waals surface area contributed by atoms with Gasteiger partial charge in [-0.15, -0.1) is 0 Å². The second-order valence-electron chi connectivity index (χ2n) is 7.22. The second kappa shape index (κ2) is 7.95. The summed E-state index contributed by atoms with van der Waals surface area (Å²) in [6.07, 6.45) is -8.60. The molecule has 0 spiro atoms. The standard InChI is InChI=1S/C23H14F6N2O2/c1-12-8-18(13-9-14(22(24,25)26)11-15(10-13)23(27,28)29)21(33-12)31-20(32)17-6-7-30-19-5-3-2-4-16(17)19/h2-11H,1H3,(H,31,32). The van der Waals surface area contributed by atoms with Crippen LogP contribution in [-0.4, -0.2) is 10.9 Å². The molecule has 0 atom stereocenters. The van der Waals surface area contributed by atoms with Crippen molar-refractivity contribution in [3.63, 3.8) is 0 Å². The van der Waals surface area contributed by atoms with Crippen molar-refractivity contribution in [1.82, 2.24) is 4.98 Å². The van der Waals surface area contributed by atoms with Crippen molar-refractivity contribution in [3.8, 4) is 11.1 Å². The highest BCUT2D eigenvalue weighted by Gasteiger charge is 2.37. The van der Waals surface area contributed by atoms with E-state index in [1.54, 1.807) is 24.3 Å². The highest BCUT2D eigenvalue weighted by Crippen LogP contribution is 2.41. The molecule has 2 heterocycles. The van der Waals surface area contributed by atoms with Crippen LogP contribution in [0.2, 0.25) is 0 Å². The fourth-order valence-corrected chi connectivity index (χ4v) is 3.40. The number of alkyl halides is 6. The lowest BCUT2D eigenvalue weighted by Gasteiger charge is -2.14.